The van der Waals surface area contributed by atoms with E-state index in [-0.39, 0.29) is 0 Å². The summed E-state index contributed by atoms with van der Waals surface area (Å²) in [6, 6.07) is 8.74. The third-order valence-corrected chi connectivity index (χ3v) is 3.41. The third-order valence-electron chi connectivity index (χ3n) is 3.41. The van der Waals surface area contributed by atoms with Crippen molar-refractivity contribution < 1.29 is 0 Å². The van der Waals surface area contributed by atoms with Crippen molar-refractivity contribution in [2.75, 3.05) is 40.8 Å². The molecule has 0 saturated carbocycles. The number of rotatable bonds is 9. The monoisotopic (exact) mass is 263 g/mol. The van der Waals surface area contributed by atoms with Crippen LogP contribution in [0, 0.1) is 0 Å². The molecular weight excluding hydrogens is 234 g/mol. The molecule has 0 bridgehead atoms. The van der Waals surface area contributed by atoms with E-state index in [1.165, 1.54) is 24.1 Å². The second kappa shape index (κ2) is 9.08. The Kier molecular flexibility index (Phi) is 7.72. The molecule has 0 aliphatic carbocycles. The third kappa shape index (κ3) is 6.19. The van der Waals surface area contributed by atoms with Gasteiger partial charge in [0.15, 0.2) is 0 Å². The summed E-state index contributed by atoms with van der Waals surface area (Å²) in [5, 5.41) is 3.25. The molecule has 0 amide bonds. The van der Waals surface area contributed by atoms with Crippen molar-refractivity contribution in [2.45, 2.75) is 26.4 Å². The number of benzene rings is 1. The van der Waals surface area contributed by atoms with Gasteiger partial charge in [0, 0.05) is 13.1 Å². The van der Waals surface area contributed by atoms with E-state index in [2.05, 4.69) is 60.4 Å². The van der Waals surface area contributed by atoms with Gasteiger partial charge >= 0.3 is 0 Å². The first-order valence-corrected chi connectivity index (χ1v) is 7.25. The quantitative estimate of drug-likeness (QED) is 0.737. The molecule has 19 heavy (non-hydrogen) atoms. The molecular formula is C16H29N3. The average Bonchev–Trinajstić information content (AvgIpc) is 2.39. The van der Waals surface area contributed by atoms with Crippen LogP contribution in [0.1, 0.15) is 24.5 Å². The van der Waals surface area contributed by atoms with Crippen LogP contribution in [0.15, 0.2) is 24.3 Å². The highest BCUT2D eigenvalue weighted by atomic mass is 15.1. The highest BCUT2D eigenvalue weighted by molar-refractivity contribution is 5.26. The summed E-state index contributed by atoms with van der Waals surface area (Å²) in [7, 11) is 6.28. The van der Waals surface area contributed by atoms with Crippen molar-refractivity contribution in [2.24, 2.45) is 0 Å². The molecule has 0 aliphatic rings. The summed E-state index contributed by atoms with van der Waals surface area (Å²) in [6.45, 7) is 7.70. The Labute approximate surface area is 118 Å². The Morgan fingerprint density at radius 2 is 1.74 bits per heavy atom. The van der Waals surface area contributed by atoms with Crippen LogP contribution in [0.4, 0.5) is 0 Å². The average molecular weight is 263 g/mol. The zero-order valence-electron chi connectivity index (χ0n) is 12.9. The van der Waals surface area contributed by atoms with E-state index in [1.807, 2.05) is 7.05 Å². The molecule has 0 fully saturated rings. The van der Waals surface area contributed by atoms with Gasteiger partial charge in [-0.1, -0.05) is 31.2 Å². The normalized spacial score (nSPS) is 11.5. The maximum atomic E-state index is 3.25. The van der Waals surface area contributed by atoms with Gasteiger partial charge in [0.05, 0.1) is 0 Å². The van der Waals surface area contributed by atoms with Gasteiger partial charge in [-0.15, -0.1) is 0 Å². The van der Waals surface area contributed by atoms with Gasteiger partial charge in [-0.2, -0.15) is 0 Å². The zero-order valence-corrected chi connectivity index (χ0v) is 12.9. The molecule has 0 atom stereocenters. The van der Waals surface area contributed by atoms with Gasteiger partial charge in [0.2, 0.25) is 0 Å². The molecule has 1 rings (SSSR count). The Morgan fingerprint density at radius 1 is 1.05 bits per heavy atom. The van der Waals surface area contributed by atoms with Crippen LogP contribution in [0.25, 0.3) is 0 Å². The molecule has 1 aromatic rings. The van der Waals surface area contributed by atoms with Crippen LogP contribution in [0.5, 0.6) is 0 Å². The maximum absolute atomic E-state index is 3.25. The van der Waals surface area contributed by atoms with Crippen LogP contribution in [-0.2, 0) is 13.1 Å². The fourth-order valence-electron chi connectivity index (χ4n) is 2.28. The van der Waals surface area contributed by atoms with Gasteiger partial charge in [-0.3, -0.25) is 4.90 Å². The molecule has 0 saturated heterocycles. The van der Waals surface area contributed by atoms with Crippen LogP contribution < -0.4 is 5.32 Å². The summed E-state index contributed by atoms with van der Waals surface area (Å²) >= 11 is 0. The number of nitrogens with zero attached hydrogens (tertiary/aromatic N) is 2. The number of hydrogen-bond acceptors (Lipinski definition) is 3. The minimum atomic E-state index is 0.950. The molecule has 0 aliphatic heterocycles. The first kappa shape index (κ1) is 16.2. The summed E-state index contributed by atoms with van der Waals surface area (Å²) in [5.41, 5.74) is 2.86. The molecule has 0 spiro atoms. The lowest BCUT2D eigenvalue weighted by molar-refractivity contribution is 0.258. The predicted octanol–water partition coefficient (Wildman–Crippen LogP) is 2.18. The Hall–Kier alpha value is -0.900. The number of hydrogen-bond donors (Lipinski definition) is 1. The lowest BCUT2D eigenvalue weighted by Gasteiger charge is -2.23. The Morgan fingerprint density at radius 3 is 2.32 bits per heavy atom. The van der Waals surface area contributed by atoms with Crippen LogP contribution in [0.2, 0.25) is 0 Å². The first-order valence-electron chi connectivity index (χ1n) is 7.25. The molecule has 108 valence electrons. The standard InChI is InChI=1S/C16H29N3/c1-5-19(12-8-11-18(3)4)14-16-10-7-6-9-15(16)13-17-2/h6-7,9-10,17H,5,8,11-14H2,1-4H3. The molecule has 3 heteroatoms. The summed E-state index contributed by atoms with van der Waals surface area (Å²) in [6.07, 6.45) is 1.23. The molecule has 0 radical (unpaired) electrons. The van der Waals surface area contributed by atoms with E-state index in [0.717, 1.165) is 26.2 Å². The molecule has 0 aromatic heterocycles. The Balaban J connectivity index is 2.54. The van der Waals surface area contributed by atoms with Crippen molar-refractivity contribution >= 4 is 0 Å². The fourth-order valence-corrected chi connectivity index (χ4v) is 2.28. The lowest BCUT2D eigenvalue weighted by Crippen LogP contribution is -2.27. The molecule has 1 N–H and O–H groups in total. The van der Waals surface area contributed by atoms with Gasteiger partial charge < -0.3 is 10.2 Å². The van der Waals surface area contributed by atoms with Crippen molar-refractivity contribution in [3.05, 3.63) is 35.4 Å². The van der Waals surface area contributed by atoms with Crippen molar-refractivity contribution in [3.8, 4) is 0 Å². The zero-order chi connectivity index (χ0) is 14.1. The smallest absolute Gasteiger partial charge is 0.0236 e. The molecule has 3 nitrogen and oxygen atoms in total. The van der Waals surface area contributed by atoms with E-state index in [1.54, 1.807) is 0 Å². The first-order chi connectivity index (χ1) is 9.17. The molecule has 1 aromatic carbocycles. The number of nitrogens with one attached hydrogen (secondary N) is 1. The summed E-state index contributed by atoms with van der Waals surface area (Å²) < 4.78 is 0. The van der Waals surface area contributed by atoms with E-state index in [9.17, 15) is 0 Å². The van der Waals surface area contributed by atoms with Crippen LogP contribution in [-0.4, -0.2) is 50.6 Å². The molecule has 0 heterocycles. The fraction of sp³-hybridized carbons (Fsp3) is 0.625. The van der Waals surface area contributed by atoms with E-state index in [0.29, 0.717) is 0 Å². The lowest BCUT2D eigenvalue weighted by atomic mass is 10.1. The molecule has 0 unspecified atom stereocenters. The van der Waals surface area contributed by atoms with Crippen molar-refractivity contribution in [1.82, 2.24) is 15.1 Å². The summed E-state index contributed by atoms with van der Waals surface area (Å²) in [5.74, 6) is 0. The van der Waals surface area contributed by atoms with Crippen molar-refractivity contribution in [1.29, 1.82) is 0 Å². The van der Waals surface area contributed by atoms with Gasteiger partial charge in [-0.05, 0) is 58.3 Å². The maximum Gasteiger partial charge on any atom is 0.0236 e. The largest absolute Gasteiger partial charge is 0.316 e. The Bertz CT molecular complexity index is 350. The van der Waals surface area contributed by atoms with Gasteiger partial charge in [-0.25, -0.2) is 0 Å². The minimum absolute atomic E-state index is 0.950. The summed E-state index contributed by atoms with van der Waals surface area (Å²) in [4.78, 5) is 4.78. The predicted molar refractivity (Wildman–Crippen MR) is 83.3 cm³/mol. The van der Waals surface area contributed by atoms with Gasteiger partial charge in [0.25, 0.3) is 0 Å². The van der Waals surface area contributed by atoms with Crippen LogP contribution in [0.3, 0.4) is 0 Å². The topological polar surface area (TPSA) is 18.5 Å². The minimum Gasteiger partial charge on any atom is -0.316 e. The van der Waals surface area contributed by atoms with E-state index >= 15 is 0 Å². The van der Waals surface area contributed by atoms with Crippen molar-refractivity contribution in [3.63, 3.8) is 0 Å². The van der Waals surface area contributed by atoms with E-state index < -0.39 is 0 Å². The highest BCUT2D eigenvalue weighted by Crippen LogP contribution is 2.12. The van der Waals surface area contributed by atoms with Crippen LogP contribution >= 0.6 is 0 Å². The van der Waals surface area contributed by atoms with E-state index in [4.69, 9.17) is 0 Å². The highest BCUT2D eigenvalue weighted by Gasteiger charge is 2.07. The SMILES string of the molecule is CCN(CCCN(C)C)Cc1ccccc1CNC. The second-order valence-electron chi connectivity index (χ2n) is 5.32. The second-order valence-corrected chi connectivity index (χ2v) is 5.32. The van der Waals surface area contributed by atoms with Gasteiger partial charge in [0.1, 0.15) is 0 Å².